The SMILES string of the molecule is COc1ccc(-c2nnc3ccc(OCCNC(=O)c4ccc(S(=O)(=O)N5CCOCC5)cc4)nn23)c(OC)c1. The number of morpholine rings is 1. The van der Waals surface area contributed by atoms with Crippen LogP contribution in [0.25, 0.3) is 17.0 Å². The summed E-state index contributed by atoms with van der Waals surface area (Å²) in [5.41, 5.74) is 1.53. The van der Waals surface area contributed by atoms with E-state index in [0.717, 1.165) is 0 Å². The van der Waals surface area contributed by atoms with Gasteiger partial charge in [0.1, 0.15) is 18.1 Å². The van der Waals surface area contributed by atoms with E-state index in [2.05, 4.69) is 20.6 Å². The van der Waals surface area contributed by atoms with Crippen LogP contribution in [0.15, 0.2) is 59.5 Å². The number of hydrogen-bond acceptors (Lipinski definition) is 10. The maximum atomic E-state index is 12.8. The van der Waals surface area contributed by atoms with E-state index in [1.807, 2.05) is 6.07 Å². The molecule has 0 spiro atoms. The molecule has 14 heteroatoms. The molecule has 40 heavy (non-hydrogen) atoms. The Hall–Kier alpha value is -4.27. The lowest BCUT2D eigenvalue weighted by atomic mass is 10.2. The minimum absolute atomic E-state index is 0.136. The third-order valence-corrected chi connectivity index (χ3v) is 8.16. The first-order chi connectivity index (χ1) is 19.4. The highest BCUT2D eigenvalue weighted by atomic mass is 32.2. The van der Waals surface area contributed by atoms with Crippen molar-refractivity contribution in [2.24, 2.45) is 0 Å². The molecule has 0 aliphatic carbocycles. The van der Waals surface area contributed by atoms with Crippen LogP contribution in [0.5, 0.6) is 17.4 Å². The number of sulfonamides is 1. The summed E-state index contributed by atoms with van der Waals surface area (Å²) >= 11 is 0. The fraction of sp³-hybridized carbons (Fsp3) is 0.308. The number of fused-ring (bicyclic) bond motifs is 1. The molecule has 4 aromatic rings. The zero-order valence-electron chi connectivity index (χ0n) is 21.9. The predicted octanol–water partition coefficient (Wildman–Crippen LogP) is 1.64. The van der Waals surface area contributed by atoms with Crippen molar-refractivity contribution < 1.29 is 32.2 Å². The molecule has 0 saturated carbocycles. The van der Waals surface area contributed by atoms with Gasteiger partial charge in [-0.3, -0.25) is 4.79 Å². The molecule has 2 aromatic heterocycles. The van der Waals surface area contributed by atoms with Gasteiger partial charge in [-0.15, -0.1) is 15.3 Å². The molecular formula is C26H28N6O7S. The van der Waals surface area contributed by atoms with Gasteiger partial charge in [0, 0.05) is 30.8 Å². The molecule has 1 saturated heterocycles. The fourth-order valence-electron chi connectivity index (χ4n) is 4.14. The van der Waals surface area contributed by atoms with Gasteiger partial charge in [0.05, 0.1) is 44.4 Å². The molecule has 5 rings (SSSR count). The number of benzene rings is 2. The minimum atomic E-state index is -3.62. The second kappa shape index (κ2) is 11.9. The maximum Gasteiger partial charge on any atom is 0.251 e. The summed E-state index contributed by atoms with van der Waals surface area (Å²) in [6, 6.07) is 14.6. The summed E-state index contributed by atoms with van der Waals surface area (Å²) in [7, 11) is -0.495. The van der Waals surface area contributed by atoms with E-state index >= 15 is 0 Å². The van der Waals surface area contributed by atoms with E-state index in [0.29, 0.717) is 66.3 Å². The summed E-state index contributed by atoms with van der Waals surface area (Å²) in [4.78, 5) is 12.7. The van der Waals surface area contributed by atoms with Crippen molar-refractivity contribution in [3.05, 3.63) is 60.2 Å². The average Bonchev–Trinajstić information content (AvgIpc) is 3.42. The Kier molecular flexibility index (Phi) is 8.09. The number of aromatic nitrogens is 4. The summed E-state index contributed by atoms with van der Waals surface area (Å²) in [6.07, 6.45) is 0. The normalized spacial score (nSPS) is 14.2. The van der Waals surface area contributed by atoms with Gasteiger partial charge in [0.15, 0.2) is 11.5 Å². The van der Waals surface area contributed by atoms with Crippen molar-refractivity contribution in [1.29, 1.82) is 0 Å². The number of nitrogens with zero attached hydrogens (tertiary/aromatic N) is 5. The van der Waals surface area contributed by atoms with Crippen LogP contribution in [-0.4, -0.2) is 92.1 Å². The molecule has 0 unspecified atom stereocenters. The molecule has 0 radical (unpaired) electrons. The summed E-state index contributed by atoms with van der Waals surface area (Å²) < 4.78 is 50.2. The standard InChI is InChI=1S/C26H28N6O7S/c1-36-19-5-8-21(22(17-19)37-2)25-29-28-23-9-10-24(30-32(23)25)39-14-11-27-26(33)18-3-6-20(7-4-18)40(34,35)31-12-15-38-16-13-31/h3-10,17H,11-16H2,1-2H3,(H,27,33). The van der Waals surface area contributed by atoms with E-state index in [1.165, 1.54) is 28.6 Å². The fourth-order valence-corrected chi connectivity index (χ4v) is 5.54. The summed E-state index contributed by atoms with van der Waals surface area (Å²) in [5, 5.41) is 15.6. The van der Waals surface area contributed by atoms with Crippen molar-refractivity contribution in [2.45, 2.75) is 4.90 Å². The first kappa shape index (κ1) is 27.3. The van der Waals surface area contributed by atoms with Crippen molar-refractivity contribution in [2.75, 3.05) is 53.7 Å². The Morgan fingerprint density at radius 2 is 1.77 bits per heavy atom. The average molecular weight is 569 g/mol. The van der Waals surface area contributed by atoms with Gasteiger partial charge in [-0.05, 0) is 42.5 Å². The van der Waals surface area contributed by atoms with Crippen molar-refractivity contribution in [3.63, 3.8) is 0 Å². The molecule has 1 aliphatic heterocycles. The number of methoxy groups -OCH3 is 2. The van der Waals surface area contributed by atoms with Crippen LogP contribution in [0, 0.1) is 0 Å². The Bertz CT molecular complexity index is 1600. The van der Waals surface area contributed by atoms with Crippen LogP contribution < -0.4 is 19.5 Å². The largest absolute Gasteiger partial charge is 0.497 e. The van der Waals surface area contributed by atoms with Crippen LogP contribution >= 0.6 is 0 Å². The molecular weight excluding hydrogens is 540 g/mol. The highest BCUT2D eigenvalue weighted by molar-refractivity contribution is 7.89. The molecule has 0 atom stereocenters. The molecule has 1 N–H and O–H groups in total. The molecule has 2 aromatic carbocycles. The van der Waals surface area contributed by atoms with Gasteiger partial charge in [0.2, 0.25) is 15.9 Å². The van der Waals surface area contributed by atoms with Gasteiger partial charge < -0.3 is 24.3 Å². The van der Waals surface area contributed by atoms with Crippen LogP contribution in [-0.2, 0) is 14.8 Å². The van der Waals surface area contributed by atoms with Gasteiger partial charge in [0.25, 0.3) is 5.91 Å². The molecule has 1 amide bonds. The van der Waals surface area contributed by atoms with Crippen molar-refractivity contribution >= 4 is 21.6 Å². The smallest absolute Gasteiger partial charge is 0.251 e. The molecule has 210 valence electrons. The topological polar surface area (TPSA) is 146 Å². The highest BCUT2D eigenvalue weighted by Crippen LogP contribution is 2.32. The Balaban J connectivity index is 1.19. The first-order valence-electron chi connectivity index (χ1n) is 12.4. The zero-order chi connectivity index (χ0) is 28.1. The van der Waals surface area contributed by atoms with Crippen molar-refractivity contribution in [3.8, 4) is 28.8 Å². The predicted molar refractivity (Wildman–Crippen MR) is 143 cm³/mol. The second-order valence-electron chi connectivity index (χ2n) is 8.68. The number of amides is 1. The molecule has 1 aliphatic rings. The number of hydrogen-bond donors (Lipinski definition) is 1. The maximum absolute atomic E-state index is 12.8. The summed E-state index contributed by atoms with van der Waals surface area (Å²) in [5.74, 6) is 1.62. The van der Waals surface area contributed by atoms with Gasteiger partial charge in [-0.2, -0.15) is 8.82 Å². The van der Waals surface area contributed by atoms with E-state index in [-0.39, 0.29) is 24.0 Å². The van der Waals surface area contributed by atoms with Crippen LogP contribution in [0.1, 0.15) is 10.4 Å². The molecule has 3 heterocycles. The number of rotatable bonds is 10. The number of nitrogens with one attached hydrogen (secondary N) is 1. The van der Waals surface area contributed by atoms with E-state index in [9.17, 15) is 13.2 Å². The number of carbonyl (C=O) groups is 1. The lowest BCUT2D eigenvalue weighted by Crippen LogP contribution is -2.40. The number of ether oxygens (including phenoxy) is 4. The lowest BCUT2D eigenvalue weighted by Gasteiger charge is -2.26. The summed E-state index contributed by atoms with van der Waals surface area (Å²) in [6.45, 7) is 1.69. The Morgan fingerprint density at radius 1 is 1.00 bits per heavy atom. The zero-order valence-corrected chi connectivity index (χ0v) is 22.8. The minimum Gasteiger partial charge on any atom is -0.497 e. The molecule has 0 bridgehead atoms. The van der Waals surface area contributed by atoms with Crippen LogP contribution in [0.4, 0.5) is 0 Å². The van der Waals surface area contributed by atoms with Crippen molar-refractivity contribution in [1.82, 2.24) is 29.4 Å². The number of carbonyl (C=O) groups excluding carboxylic acids is 1. The van der Waals surface area contributed by atoms with Gasteiger partial charge in [-0.1, -0.05) is 0 Å². The first-order valence-corrected chi connectivity index (χ1v) is 13.9. The highest BCUT2D eigenvalue weighted by Gasteiger charge is 2.26. The van der Waals surface area contributed by atoms with E-state index in [4.69, 9.17) is 18.9 Å². The quantitative estimate of drug-likeness (QED) is 0.280. The lowest BCUT2D eigenvalue weighted by molar-refractivity contribution is 0.0730. The third-order valence-electron chi connectivity index (χ3n) is 6.25. The second-order valence-corrected chi connectivity index (χ2v) is 10.6. The monoisotopic (exact) mass is 568 g/mol. The van der Waals surface area contributed by atoms with E-state index in [1.54, 1.807) is 43.0 Å². The third kappa shape index (κ3) is 5.68. The molecule has 13 nitrogen and oxygen atoms in total. The Labute approximate surface area is 230 Å². The van der Waals surface area contributed by atoms with Gasteiger partial charge >= 0.3 is 0 Å². The van der Waals surface area contributed by atoms with Crippen LogP contribution in [0.2, 0.25) is 0 Å². The Morgan fingerprint density at radius 3 is 2.50 bits per heavy atom. The van der Waals surface area contributed by atoms with Gasteiger partial charge in [-0.25, -0.2) is 8.42 Å². The van der Waals surface area contributed by atoms with E-state index < -0.39 is 10.0 Å². The van der Waals surface area contributed by atoms with Crippen LogP contribution in [0.3, 0.4) is 0 Å². The molecule has 1 fully saturated rings.